The van der Waals surface area contributed by atoms with E-state index < -0.39 is 5.91 Å². The molecule has 0 atom stereocenters. The van der Waals surface area contributed by atoms with Crippen LogP contribution in [0.4, 0.5) is 5.69 Å². The van der Waals surface area contributed by atoms with Crippen molar-refractivity contribution in [1.29, 1.82) is 0 Å². The van der Waals surface area contributed by atoms with Gasteiger partial charge in [0.2, 0.25) is 0 Å². The number of rotatable bonds is 5. The van der Waals surface area contributed by atoms with Crippen molar-refractivity contribution in [3.05, 3.63) is 82.3 Å². The van der Waals surface area contributed by atoms with Crippen molar-refractivity contribution in [1.82, 2.24) is 9.36 Å². The van der Waals surface area contributed by atoms with Crippen molar-refractivity contribution in [3.8, 4) is 17.2 Å². The number of aromatic nitrogens is 2. The molecule has 31 heavy (non-hydrogen) atoms. The summed E-state index contributed by atoms with van der Waals surface area (Å²) in [6.45, 7) is 1.79. The molecule has 1 N–H and O–H groups in total. The smallest absolute Gasteiger partial charge is 0.295 e. The van der Waals surface area contributed by atoms with Gasteiger partial charge in [-0.3, -0.25) is 14.3 Å². The van der Waals surface area contributed by atoms with Crippen LogP contribution in [0.1, 0.15) is 16.1 Å². The minimum atomic E-state index is -0.424. The van der Waals surface area contributed by atoms with Crippen molar-refractivity contribution in [3.63, 3.8) is 0 Å². The Balaban J connectivity index is 1.77. The van der Waals surface area contributed by atoms with Crippen LogP contribution in [0.3, 0.4) is 0 Å². The highest BCUT2D eigenvalue weighted by Gasteiger charge is 2.21. The number of nitrogens with one attached hydrogen (secondary N) is 1. The van der Waals surface area contributed by atoms with E-state index in [9.17, 15) is 9.59 Å². The lowest BCUT2D eigenvalue weighted by molar-refractivity contribution is 0.102. The third-order valence-corrected chi connectivity index (χ3v) is 5.42. The molecule has 1 heterocycles. The van der Waals surface area contributed by atoms with Crippen LogP contribution >= 0.6 is 0 Å². The Morgan fingerprint density at radius 1 is 0.935 bits per heavy atom. The van der Waals surface area contributed by atoms with Crippen LogP contribution in [0, 0.1) is 6.92 Å². The summed E-state index contributed by atoms with van der Waals surface area (Å²) in [6, 6.07) is 18.4. The molecule has 0 aliphatic rings. The summed E-state index contributed by atoms with van der Waals surface area (Å²) in [7, 11) is 4.88. The third-order valence-electron chi connectivity index (χ3n) is 5.42. The van der Waals surface area contributed by atoms with E-state index >= 15 is 0 Å². The number of carbonyl (C=O) groups excluding carboxylic acids is 1. The van der Waals surface area contributed by atoms with Crippen molar-refractivity contribution >= 4 is 22.4 Å². The zero-order valence-corrected chi connectivity index (χ0v) is 17.8. The second-order valence-corrected chi connectivity index (χ2v) is 7.12. The predicted molar refractivity (Wildman–Crippen MR) is 121 cm³/mol. The van der Waals surface area contributed by atoms with Gasteiger partial charge in [0.1, 0.15) is 17.2 Å². The summed E-state index contributed by atoms with van der Waals surface area (Å²) in [5.41, 5.74) is 1.61. The van der Waals surface area contributed by atoms with Gasteiger partial charge in [-0.2, -0.15) is 0 Å². The normalized spacial score (nSPS) is 10.8. The topological polar surface area (TPSA) is 74.5 Å². The summed E-state index contributed by atoms with van der Waals surface area (Å²) < 4.78 is 14.1. The molecule has 1 amide bonds. The molecule has 0 spiro atoms. The number of nitrogens with zero attached hydrogens (tertiary/aromatic N) is 2. The Morgan fingerprint density at radius 2 is 1.65 bits per heavy atom. The first-order chi connectivity index (χ1) is 15.0. The highest BCUT2D eigenvalue weighted by atomic mass is 16.5. The van der Waals surface area contributed by atoms with Gasteiger partial charge < -0.3 is 14.8 Å². The molecule has 158 valence electrons. The SMILES string of the molecule is COc1cc2c(OC)cccc2cc1C(=O)Nc1c(C)n(C)n(-c2ccccc2)c1=O. The molecule has 7 nitrogen and oxygen atoms in total. The second-order valence-electron chi connectivity index (χ2n) is 7.12. The second kappa shape index (κ2) is 8.02. The van der Waals surface area contributed by atoms with Gasteiger partial charge in [0.05, 0.1) is 31.2 Å². The van der Waals surface area contributed by atoms with Crippen molar-refractivity contribution < 1.29 is 14.3 Å². The molecule has 7 heteroatoms. The summed E-state index contributed by atoms with van der Waals surface area (Å²) >= 11 is 0. The third kappa shape index (κ3) is 3.44. The molecular formula is C24H23N3O4. The van der Waals surface area contributed by atoms with Crippen molar-refractivity contribution in [2.24, 2.45) is 7.05 Å². The standard InChI is InChI=1S/C24H23N3O4/c1-15-22(24(29)27(26(15)2)17-10-6-5-7-11-17)25-23(28)19-13-16-9-8-12-20(30-3)18(16)14-21(19)31-4/h5-14H,1-4H3,(H,25,28). The molecule has 0 aliphatic heterocycles. The first-order valence-corrected chi connectivity index (χ1v) is 9.76. The molecule has 4 aromatic rings. The summed E-state index contributed by atoms with van der Waals surface area (Å²) in [4.78, 5) is 26.3. The Morgan fingerprint density at radius 3 is 2.32 bits per heavy atom. The van der Waals surface area contributed by atoms with Gasteiger partial charge in [0.15, 0.2) is 0 Å². The van der Waals surface area contributed by atoms with Gasteiger partial charge in [-0.05, 0) is 42.6 Å². The highest BCUT2D eigenvalue weighted by molar-refractivity contribution is 6.09. The quantitative estimate of drug-likeness (QED) is 0.534. The maximum atomic E-state index is 13.2. The fourth-order valence-electron chi connectivity index (χ4n) is 3.69. The first kappa shape index (κ1) is 20.3. The van der Waals surface area contributed by atoms with Crippen LogP contribution in [0.25, 0.3) is 16.5 Å². The molecule has 0 aliphatic carbocycles. The number of hydrogen-bond donors (Lipinski definition) is 1. The Hall–Kier alpha value is -4.00. The van der Waals surface area contributed by atoms with E-state index in [2.05, 4.69) is 5.32 Å². The van der Waals surface area contributed by atoms with E-state index in [-0.39, 0.29) is 11.2 Å². The predicted octanol–water partition coefficient (Wildman–Crippen LogP) is 3.91. The molecule has 0 fully saturated rings. The molecule has 0 radical (unpaired) electrons. The fraction of sp³-hybridized carbons (Fsp3) is 0.167. The maximum absolute atomic E-state index is 13.2. The van der Waals surface area contributed by atoms with Crippen LogP contribution in [0.5, 0.6) is 11.5 Å². The number of hydrogen-bond acceptors (Lipinski definition) is 4. The lowest BCUT2D eigenvalue weighted by Crippen LogP contribution is -2.23. The van der Waals surface area contributed by atoms with Gasteiger partial charge in [-0.1, -0.05) is 30.3 Å². The summed E-state index contributed by atoms with van der Waals surface area (Å²) in [5.74, 6) is 0.659. The zero-order valence-electron chi connectivity index (χ0n) is 17.8. The molecule has 1 aromatic heterocycles. The zero-order chi connectivity index (χ0) is 22.1. The van der Waals surface area contributed by atoms with Crippen molar-refractivity contribution in [2.75, 3.05) is 19.5 Å². The van der Waals surface area contributed by atoms with Crippen LogP contribution in [0.15, 0.2) is 65.5 Å². The van der Waals surface area contributed by atoms with Crippen LogP contribution in [0.2, 0.25) is 0 Å². The van der Waals surface area contributed by atoms with Crippen LogP contribution < -0.4 is 20.3 Å². The van der Waals surface area contributed by atoms with Crippen LogP contribution in [-0.4, -0.2) is 29.5 Å². The lowest BCUT2D eigenvalue weighted by Gasteiger charge is -2.12. The van der Waals surface area contributed by atoms with E-state index in [0.717, 1.165) is 10.8 Å². The van der Waals surface area contributed by atoms with Gasteiger partial charge in [-0.15, -0.1) is 0 Å². The molecule has 0 unspecified atom stereocenters. The van der Waals surface area contributed by atoms with Gasteiger partial charge in [0, 0.05) is 12.4 Å². The number of ether oxygens (including phenoxy) is 2. The van der Waals surface area contributed by atoms with E-state index in [4.69, 9.17) is 9.47 Å². The summed E-state index contributed by atoms with van der Waals surface area (Å²) in [6.07, 6.45) is 0. The average molecular weight is 417 g/mol. The van der Waals surface area contributed by atoms with Gasteiger partial charge in [0.25, 0.3) is 11.5 Å². The number of para-hydroxylation sites is 1. The first-order valence-electron chi connectivity index (χ1n) is 9.76. The van der Waals surface area contributed by atoms with Crippen molar-refractivity contribution in [2.45, 2.75) is 6.92 Å². The van der Waals surface area contributed by atoms with Gasteiger partial charge >= 0.3 is 0 Å². The summed E-state index contributed by atoms with van der Waals surface area (Å²) in [5, 5.41) is 4.45. The monoisotopic (exact) mass is 417 g/mol. The number of amides is 1. The number of methoxy groups -OCH3 is 2. The average Bonchev–Trinajstić information content (AvgIpc) is 3.01. The number of anilines is 1. The molecule has 0 bridgehead atoms. The van der Waals surface area contributed by atoms with E-state index in [1.807, 2.05) is 48.5 Å². The molecular weight excluding hydrogens is 394 g/mol. The Labute approximate surface area is 179 Å². The number of fused-ring (bicyclic) bond motifs is 1. The molecule has 0 saturated heterocycles. The number of benzene rings is 3. The highest BCUT2D eigenvalue weighted by Crippen LogP contribution is 2.32. The Bertz CT molecular complexity index is 1340. The van der Waals surface area contributed by atoms with Gasteiger partial charge in [-0.25, -0.2) is 4.68 Å². The molecule has 3 aromatic carbocycles. The van der Waals surface area contributed by atoms with E-state index in [1.165, 1.54) is 11.8 Å². The molecule has 4 rings (SSSR count). The lowest BCUT2D eigenvalue weighted by atomic mass is 10.0. The Kier molecular flexibility index (Phi) is 5.25. The fourth-order valence-corrected chi connectivity index (χ4v) is 3.69. The van der Waals surface area contributed by atoms with E-state index in [0.29, 0.717) is 28.4 Å². The number of carbonyl (C=O) groups is 1. The molecule has 0 saturated carbocycles. The largest absolute Gasteiger partial charge is 0.496 e. The minimum Gasteiger partial charge on any atom is -0.496 e. The maximum Gasteiger partial charge on any atom is 0.295 e. The van der Waals surface area contributed by atoms with E-state index in [1.54, 1.807) is 37.9 Å². The minimum absolute atomic E-state index is 0.226. The van der Waals surface area contributed by atoms with Crippen LogP contribution in [-0.2, 0) is 7.05 Å².